The second-order valence-electron chi connectivity index (χ2n) is 4.50. The molecule has 0 unspecified atom stereocenters. The summed E-state index contributed by atoms with van der Waals surface area (Å²) in [6.07, 6.45) is 5.72. The Kier molecular flexibility index (Phi) is 2.94. The monoisotopic (exact) mass is 223 g/mol. The standard InChI is InChI=1S/C11H17N3O2/c1-2-14-8-12-13-9(14)7-11(10(15)16)5-3-4-6-11/h8H,2-7H2,1H3,(H,15,16). The Morgan fingerprint density at radius 1 is 1.56 bits per heavy atom. The van der Waals surface area contributed by atoms with Crippen LogP contribution in [-0.4, -0.2) is 25.8 Å². The zero-order valence-electron chi connectivity index (χ0n) is 9.52. The van der Waals surface area contributed by atoms with Crippen molar-refractivity contribution in [2.24, 2.45) is 5.41 Å². The van der Waals surface area contributed by atoms with Gasteiger partial charge in [0.2, 0.25) is 0 Å². The molecule has 1 saturated carbocycles. The molecular formula is C11H17N3O2. The summed E-state index contributed by atoms with van der Waals surface area (Å²) in [5.41, 5.74) is -0.597. The second-order valence-corrected chi connectivity index (χ2v) is 4.50. The van der Waals surface area contributed by atoms with Crippen molar-refractivity contribution >= 4 is 5.97 Å². The van der Waals surface area contributed by atoms with Crippen molar-refractivity contribution in [3.05, 3.63) is 12.2 Å². The summed E-state index contributed by atoms with van der Waals surface area (Å²) < 4.78 is 1.92. The number of carboxylic acids is 1. The lowest BCUT2D eigenvalue weighted by Gasteiger charge is -2.22. The highest BCUT2D eigenvalue weighted by Crippen LogP contribution is 2.40. The minimum Gasteiger partial charge on any atom is -0.481 e. The quantitative estimate of drug-likeness (QED) is 0.839. The van der Waals surface area contributed by atoms with Crippen LogP contribution in [0.3, 0.4) is 0 Å². The van der Waals surface area contributed by atoms with Crippen LogP contribution < -0.4 is 0 Å². The van der Waals surface area contributed by atoms with Gasteiger partial charge in [-0.2, -0.15) is 0 Å². The first-order valence-corrected chi connectivity index (χ1v) is 5.78. The fourth-order valence-electron chi connectivity index (χ4n) is 2.50. The number of rotatable bonds is 4. The van der Waals surface area contributed by atoms with Crippen LogP contribution in [0.2, 0.25) is 0 Å². The number of carboxylic acid groups (broad SMARTS) is 1. The maximum atomic E-state index is 11.4. The zero-order valence-corrected chi connectivity index (χ0v) is 9.52. The summed E-state index contributed by atoms with van der Waals surface area (Å²) in [7, 11) is 0. The van der Waals surface area contributed by atoms with Crippen molar-refractivity contribution in [1.82, 2.24) is 14.8 Å². The van der Waals surface area contributed by atoms with E-state index in [9.17, 15) is 9.90 Å². The molecule has 0 radical (unpaired) electrons. The topological polar surface area (TPSA) is 68.0 Å². The highest BCUT2D eigenvalue weighted by atomic mass is 16.4. The molecule has 1 aliphatic rings. The van der Waals surface area contributed by atoms with Crippen LogP contribution in [0.15, 0.2) is 6.33 Å². The minimum atomic E-state index is -0.685. The molecule has 16 heavy (non-hydrogen) atoms. The lowest BCUT2D eigenvalue weighted by Crippen LogP contribution is -2.31. The predicted octanol–water partition coefficient (Wildman–Crippen LogP) is 1.49. The lowest BCUT2D eigenvalue weighted by atomic mass is 9.82. The van der Waals surface area contributed by atoms with Crippen LogP contribution in [-0.2, 0) is 17.8 Å². The molecule has 0 aliphatic heterocycles. The van der Waals surface area contributed by atoms with E-state index >= 15 is 0 Å². The third-order valence-corrected chi connectivity index (χ3v) is 3.55. The average Bonchev–Trinajstić information content (AvgIpc) is 2.88. The SMILES string of the molecule is CCn1cnnc1CC1(C(=O)O)CCCC1. The summed E-state index contributed by atoms with van der Waals surface area (Å²) >= 11 is 0. The Bertz CT molecular complexity index is 380. The highest BCUT2D eigenvalue weighted by molar-refractivity contribution is 5.75. The Labute approximate surface area is 94.5 Å². The molecule has 1 heterocycles. The van der Waals surface area contributed by atoms with E-state index in [1.807, 2.05) is 11.5 Å². The van der Waals surface area contributed by atoms with Gasteiger partial charge in [0.25, 0.3) is 0 Å². The fraction of sp³-hybridized carbons (Fsp3) is 0.727. The summed E-state index contributed by atoms with van der Waals surface area (Å²) in [5, 5.41) is 17.2. The van der Waals surface area contributed by atoms with Crippen LogP contribution in [0.1, 0.15) is 38.4 Å². The van der Waals surface area contributed by atoms with Gasteiger partial charge in [0.1, 0.15) is 12.2 Å². The first-order chi connectivity index (χ1) is 7.68. The normalized spacial score (nSPS) is 18.8. The Hall–Kier alpha value is -1.39. The van der Waals surface area contributed by atoms with Gasteiger partial charge in [0, 0.05) is 13.0 Å². The van der Waals surface area contributed by atoms with Crippen molar-refractivity contribution in [2.75, 3.05) is 0 Å². The van der Waals surface area contributed by atoms with E-state index in [0.717, 1.165) is 38.1 Å². The third kappa shape index (κ3) is 1.81. The largest absolute Gasteiger partial charge is 0.481 e. The third-order valence-electron chi connectivity index (χ3n) is 3.55. The van der Waals surface area contributed by atoms with E-state index in [1.165, 1.54) is 0 Å². The van der Waals surface area contributed by atoms with Crippen LogP contribution in [0, 0.1) is 5.41 Å². The van der Waals surface area contributed by atoms with Gasteiger partial charge in [-0.3, -0.25) is 4.79 Å². The van der Waals surface area contributed by atoms with E-state index in [-0.39, 0.29) is 0 Å². The molecule has 1 aromatic heterocycles. The van der Waals surface area contributed by atoms with Gasteiger partial charge in [-0.25, -0.2) is 0 Å². The molecule has 1 aliphatic carbocycles. The van der Waals surface area contributed by atoms with Crippen molar-refractivity contribution < 1.29 is 9.90 Å². The van der Waals surface area contributed by atoms with E-state index in [4.69, 9.17) is 0 Å². The average molecular weight is 223 g/mol. The number of aromatic nitrogens is 3. The number of carbonyl (C=O) groups is 1. The Morgan fingerprint density at radius 2 is 2.25 bits per heavy atom. The number of hydrogen-bond donors (Lipinski definition) is 1. The first-order valence-electron chi connectivity index (χ1n) is 5.78. The van der Waals surface area contributed by atoms with Gasteiger partial charge >= 0.3 is 5.97 Å². The second kappa shape index (κ2) is 4.23. The number of nitrogens with zero attached hydrogens (tertiary/aromatic N) is 3. The van der Waals surface area contributed by atoms with Gasteiger partial charge in [-0.05, 0) is 19.8 Å². The molecule has 0 bridgehead atoms. The lowest BCUT2D eigenvalue weighted by molar-refractivity contribution is -0.148. The number of hydrogen-bond acceptors (Lipinski definition) is 3. The molecule has 0 amide bonds. The summed E-state index contributed by atoms with van der Waals surface area (Å²) in [6, 6.07) is 0. The van der Waals surface area contributed by atoms with Gasteiger partial charge in [0.05, 0.1) is 5.41 Å². The summed E-state index contributed by atoms with van der Waals surface area (Å²) in [6.45, 7) is 2.80. The molecule has 1 fully saturated rings. The van der Waals surface area contributed by atoms with Gasteiger partial charge in [-0.15, -0.1) is 10.2 Å². The molecule has 0 aromatic carbocycles. The molecule has 1 N–H and O–H groups in total. The van der Waals surface area contributed by atoms with Gasteiger partial charge in [-0.1, -0.05) is 12.8 Å². The maximum absolute atomic E-state index is 11.4. The minimum absolute atomic E-state index is 0.510. The van der Waals surface area contributed by atoms with E-state index < -0.39 is 11.4 Å². The van der Waals surface area contributed by atoms with Gasteiger partial charge < -0.3 is 9.67 Å². The van der Waals surface area contributed by atoms with Crippen LogP contribution >= 0.6 is 0 Å². The molecule has 0 atom stereocenters. The van der Waals surface area contributed by atoms with Crippen LogP contribution in [0.5, 0.6) is 0 Å². The zero-order chi connectivity index (χ0) is 11.6. The summed E-state index contributed by atoms with van der Waals surface area (Å²) in [4.78, 5) is 11.4. The molecule has 0 spiro atoms. The molecule has 5 heteroatoms. The van der Waals surface area contributed by atoms with Crippen LogP contribution in [0.25, 0.3) is 0 Å². The van der Waals surface area contributed by atoms with Crippen molar-refractivity contribution in [3.8, 4) is 0 Å². The molecule has 2 rings (SSSR count). The number of aryl methyl sites for hydroxylation is 1. The van der Waals surface area contributed by atoms with E-state index in [0.29, 0.717) is 6.42 Å². The van der Waals surface area contributed by atoms with Crippen molar-refractivity contribution in [1.29, 1.82) is 0 Å². The van der Waals surface area contributed by atoms with E-state index in [1.54, 1.807) is 6.33 Å². The Balaban J connectivity index is 2.21. The smallest absolute Gasteiger partial charge is 0.310 e. The maximum Gasteiger partial charge on any atom is 0.310 e. The molecule has 88 valence electrons. The van der Waals surface area contributed by atoms with E-state index in [2.05, 4.69) is 10.2 Å². The molecule has 5 nitrogen and oxygen atoms in total. The summed E-state index contributed by atoms with van der Waals surface area (Å²) in [5.74, 6) is 0.113. The van der Waals surface area contributed by atoms with Crippen molar-refractivity contribution in [2.45, 2.75) is 45.6 Å². The predicted molar refractivity (Wildman–Crippen MR) is 57.9 cm³/mol. The molecule has 0 saturated heterocycles. The fourth-order valence-corrected chi connectivity index (χ4v) is 2.50. The van der Waals surface area contributed by atoms with Crippen molar-refractivity contribution in [3.63, 3.8) is 0 Å². The van der Waals surface area contributed by atoms with Crippen LogP contribution in [0.4, 0.5) is 0 Å². The molecular weight excluding hydrogens is 206 g/mol. The Morgan fingerprint density at radius 3 is 2.81 bits per heavy atom. The molecule has 1 aromatic rings. The number of aliphatic carboxylic acids is 1. The first kappa shape index (κ1) is 11.1. The highest BCUT2D eigenvalue weighted by Gasteiger charge is 2.42. The van der Waals surface area contributed by atoms with Gasteiger partial charge in [0.15, 0.2) is 0 Å².